The zero-order chi connectivity index (χ0) is 29.9. The van der Waals surface area contributed by atoms with Crippen molar-refractivity contribution < 1.29 is 17.8 Å². The highest BCUT2D eigenvalue weighted by Gasteiger charge is 2.33. The van der Waals surface area contributed by atoms with Gasteiger partial charge in [-0.05, 0) is 35.7 Å². The Morgan fingerprint density at radius 3 is 2.00 bits per heavy atom. The van der Waals surface area contributed by atoms with Crippen molar-refractivity contribution in [3.63, 3.8) is 0 Å². The first-order valence-corrected chi connectivity index (χ1v) is 14.6. The molecule has 0 fully saturated rings. The van der Waals surface area contributed by atoms with Gasteiger partial charge in [-0.25, -0.2) is 13.3 Å². The maximum Gasteiger partial charge on any atom is 0.299 e. The van der Waals surface area contributed by atoms with Gasteiger partial charge in [0.1, 0.15) is 28.5 Å². The fraction of sp³-hybridized carbons (Fsp3) is 0.0513. The van der Waals surface area contributed by atoms with E-state index in [2.05, 4.69) is 88.0 Å². The molecule has 0 aliphatic rings. The van der Waals surface area contributed by atoms with Gasteiger partial charge >= 0.3 is 0 Å². The summed E-state index contributed by atoms with van der Waals surface area (Å²) in [7, 11) is 2.04. The third-order valence-electron chi connectivity index (χ3n) is 8.53. The molecule has 0 radical (unpaired) electrons. The minimum atomic E-state index is -0.670. The fourth-order valence-electron chi connectivity index (χ4n) is 6.57. The molecule has 0 amide bonds. The third-order valence-corrected chi connectivity index (χ3v) is 8.53. The number of hydrogen-bond donors (Lipinski definition) is 0. The van der Waals surface area contributed by atoms with Crippen molar-refractivity contribution in [1.29, 1.82) is 0 Å². The van der Waals surface area contributed by atoms with E-state index in [4.69, 9.17) is 4.42 Å². The van der Waals surface area contributed by atoms with E-state index in [9.17, 15) is 4.39 Å². The van der Waals surface area contributed by atoms with E-state index in [1.807, 2.05) is 50.4 Å². The lowest BCUT2D eigenvalue weighted by Gasteiger charge is -2.15. The molecule has 0 spiro atoms. The van der Waals surface area contributed by atoms with Gasteiger partial charge in [-0.1, -0.05) is 103 Å². The van der Waals surface area contributed by atoms with Gasteiger partial charge < -0.3 is 4.42 Å². The summed E-state index contributed by atoms with van der Waals surface area (Å²) in [5.41, 5.74) is 9.83. The standard InChI is InChI=1S/C39H27F2N2O/c1-24-20-21-30-36-31(41)22-27(40)23-34(36)44-38(30)35(24)39-42(2)32-18-9-10-19-33(32)43(39)37-28(25-12-5-3-6-13-25)16-11-17-29(37)26-14-7-4-8-15-26/h3-23H,1-2H3/q+1. The monoisotopic (exact) mass is 577 g/mol. The third kappa shape index (κ3) is 3.89. The minimum Gasteiger partial charge on any atom is -0.455 e. The van der Waals surface area contributed by atoms with E-state index in [-0.39, 0.29) is 11.0 Å². The Morgan fingerprint density at radius 2 is 1.32 bits per heavy atom. The van der Waals surface area contributed by atoms with E-state index in [0.717, 1.165) is 62.0 Å². The number of imidazole rings is 1. The molecule has 8 aromatic rings. The summed E-state index contributed by atoms with van der Waals surface area (Å²) in [6.07, 6.45) is 0. The summed E-state index contributed by atoms with van der Waals surface area (Å²) in [5.74, 6) is -0.439. The van der Waals surface area contributed by atoms with Crippen LogP contribution < -0.4 is 4.57 Å². The fourth-order valence-corrected chi connectivity index (χ4v) is 6.57. The van der Waals surface area contributed by atoms with Crippen LogP contribution in [0.25, 0.3) is 72.3 Å². The Labute approximate surface area is 252 Å². The summed E-state index contributed by atoms with van der Waals surface area (Å²) in [6.45, 7) is 2.03. The van der Waals surface area contributed by atoms with Gasteiger partial charge in [0.25, 0.3) is 5.82 Å². The maximum absolute atomic E-state index is 15.2. The predicted octanol–water partition coefficient (Wildman–Crippen LogP) is 9.94. The molecule has 3 nitrogen and oxygen atoms in total. The topological polar surface area (TPSA) is 21.9 Å². The van der Waals surface area contributed by atoms with Crippen LogP contribution in [0.15, 0.2) is 132 Å². The molecule has 8 rings (SSSR count). The van der Waals surface area contributed by atoms with E-state index < -0.39 is 11.6 Å². The molecule has 0 unspecified atom stereocenters. The lowest BCUT2D eigenvalue weighted by Crippen LogP contribution is -2.30. The number of para-hydroxylation sites is 3. The van der Waals surface area contributed by atoms with Crippen molar-refractivity contribution in [2.75, 3.05) is 0 Å². The second kappa shape index (κ2) is 10.0. The Balaban J connectivity index is 1.57. The van der Waals surface area contributed by atoms with Crippen LogP contribution in [-0.2, 0) is 7.05 Å². The molecule has 5 heteroatoms. The van der Waals surface area contributed by atoms with E-state index >= 15 is 4.39 Å². The van der Waals surface area contributed by atoms with Gasteiger partial charge in [0.15, 0.2) is 16.6 Å². The van der Waals surface area contributed by atoms with Crippen molar-refractivity contribution in [1.82, 2.24) is 4.57 Å². The van der Waals surface area contributed by atoms with Gasteiger partial charge in [-0.15, -0.1) is 0 Å². The summed E-state index contributed by atoms with van der Waals surface area (Å²) in [4.78, 5) is 0. The van der Waals surface area contributed by atoms with Crippen LogP contribution in [0.3, 0.4) is 0 Å². The lowest BCUT2D eigenvalue weighted by molar-refractivity contribution is -0.633. The zero-order valence-electron chi connectivity index (χ0n) is 24.2. The number of aryl methyl sites for hydroxylation is 2. The molecule has 0 aliphatic carbocycles. The maximum atomic E-state index is 15.2. The normalized spacial score (nSPS) is 11.6. The van der Waals surface area contributed by atoms with Crippen LogP contribution in [0.1, 0.15) is 5.56 Å². The van der Waals surface area contributed by atoms with Gasteiger partial charge in [-0.3, -0.25) is 0 Å². The minimum absolute atomic E-state index is 0.185. The second-order valence-electron chi connectivity index (χ2n) is 11.1. The molecule has 2 heterocycles. The van der Waals surface area contributed by atoms with Gasteiger partial charge in [0.05, 0.1) is 12.4 Å². The molecular formula is C39H27F2N2O+. The lowest BCUT2D eigenvalue weighted by atomic mass is 9.95. The quantitative estimate of drug-likeness (QED) is 0.191. The molecule has 6 aromatic carbocycles. The van der Waals surface area contributed by atoms with Crippen molar-refractivity contribution in [2.24, 2.45) is 7.05 Å². The smallest absolute Gasteiger partial charge is 0.299 e. The van der Waals surface area contributed by atoms with Gasteiger partial charge in [-0.2, -0.15) is 4.57 Å². The van der Waals surface area contributed by atoms with Crippen molar-refractivity contribution >= 4 is 33.0 Å². The van der Waals surface area contributed by atoms with Crippen LogP contribution in [0, 0.1) is 18.6 Å². The summed E-state index contributed by atoms with van der Waals surface area (Å²) in [5, 5.41) is 0.886. The van der Waals surface area contributed by atoms with E-state index in [0.29, 0.717) is 11.0 Å². The van der Waals surface area contributed by atoms with Crippen LogP contribution in [0.5, 0.6) is 0 Å². The number of rotatable bonds is 4. The Morgan fingerprint density at radius 1 is 0.682 bits per heavy atom. The molecule has 0 N–H and O–H groups in total. The van der Waals surface area contributed by atoms with Crippen LogP contribution in [0.2, 0.25) is 0 Å². The Kier molecular flexibility index (Phi) is 5.95. The molecule has 212 valence electrons. The zero-order valence-corrected chi connectivity index (χ0v) is 24.2. The number of aromatic nitrogens is 2. The molecule has 0 bridgehead atoms. The predicted molar refractivity (Wildman–Crippen MR) is 173 cm³/mol. The highest BCUT2D eigenvalue weighted by Crippen LogP contribution is 2.43. The molecule has 44 heavy (non-hydrogen) atoms. The van der Waals surface area contributed by atoms with Gasteiger partial charge in [0.2, 0.25) is 0 Å². The van der Waals surface area contributed by atoms with Crippen LogP contribution in [0.4, 0.5) is 8.78 Å². The van der Waals surface area contributed by atoms with Crippen molar-refractivity contribution in [3.05, 3.63) is 145 Å². The first-order valence-electron chi connectivity index (χ1n) is 14.6. The number of nitrogens with zero attached hydrogens (tertiary/aromatic N) is 2. The highest BCUT2D eigenvalue weighted by atomic mass is 19.1. The molecule has 2 aromatic heterocycles. The summed E-state index contributed by atoms with van der Waals surface area (Å²) in [6, 6.07) is 41.5. The first kappa shape index (κ1) is 26.1. The SMILES string of the molecule is Cc1ccc2c(oc3cc(F)cc(F)c32)c1-c1n(-c2c(-c3ccccc3)cccc2-c2ccccc2)c2ccccc2[n+]1C. The van der Waals surface area contributed by atoms with Crippen LogP contribution in [-0.4, -0.2) is 4.57 Å². The molecular weight excluding hydrogens is 550 g/mol. The number of hydrogen-bond acceptors (Lipinski definition) is 1. The summed E-state index contributed by atoms with van der Waals surface area (Å²) >= 11 is 0. The summed E-state index contributed by atoms with van der Waals surface area (Å²) < 4.78 is 40.3. The second-order valence-corrected chi connectivity index (χ2v) is 11.1. The number of furan rings is 1. The van der Waals surface area contributed by atoms with Crippen molar-refractivity contribution in [3.8, 4) is 39.3 Å². The number of benzene rings is 6. The van der Waals surface area contributed by atoms with Gasteiger partial charge in [0, 0.05) is 28.6 Å². The average molecular weight is 578 g/mol. The van der Waals surface area contributed by atoms with Crippen LogP contribution >= 0.6 is 0 Å². The molecule has 0 saturated carbocycles. The number of fused-ring (bicyclic) bond motifs is 4. The highest BCUT2D eigenvalue weighted by molar-refractivity contribution is 6.10. The molecule has 0 atom stereocenters. The first-order chi connectivity index (χ1) is 21.5. The number of halogens is 2. The average Bonchev–Trinajstić information content (AvgIpc) is 3.56. The Hall–Kier alpha value is -5.55. The van der Waals surface area contributed by atoms with E-state index in [1.54, 1.807) is 0 Å². The Bertz CT molecular complexity index is 2310. The molecule has 0 saturated heterocycles. The van der Waals surface area contributed by atoms with E-state index in [1.165, 1.54) is 6.07 Å². The van der Waals surface area contributed by atoms with Crippen molar-refractivity contribution in [2.45, 2.75) is 6.92 Å². The molecule has 0 aliphatic heterocycles. The largest absolute Gasteiger partial charge is 0.455 e.